The van der Waals surface area contributed by atoms with Gasteiger partial charge in [-0.3, -0.25) is 4.98 Å². The average molecular weight is 515 g/mol. The molecule has 4 rings (SSSR count). The standard InChI is InChI=1S/C28H33F3N4O2/c1-17(2)15-33-27(36)35-13-11-28(16-35,37-4)19-8-9-23-22(14-19)24(10-12-32-23)34-18(3)20-6-5-7-21(25(20)29)26(30)31/h5-10,12,14,17-18,26H,11,13,15-16H2,1-4H3,(H,32,34)(H,33,36)/t18-,28+/m1/s1. The molecule has 2 heterocycles. The number of nitrogens with zero attached hydrogens (tertiary/aromatic N) is 2. The van der Waals surface area contributed by atoms with Gasteiger partial charge in [0.15, 0.2) is 0 Å². The number of benzene rings is 2. The maximum atomic E-state index is 14.8. The fourth-order valence-electron chi connectivity index (χ4n) is 4.82. The predicted molar refractivity (Wildman–Crippen MR) is 138 cm³/mol. The van der Waals surface area contributed by atoms with Crippen molar-refractivity contribution in [2.75, 3.05) is 32.1 Å². The van der Waals surface area contributed by atoms with Gasteiger partial charge < -0.3 is 20.3 Å². The van der Waals surface area contributed by atoms with Gasteiger partial charge in [0.1, 0.15) is 11.4 Å². The number of ether oxygens (including phenoxy) is 1. The van der Waals surface area contributed by atoms with Crippen molar-refractivity contribution in [1.82, 2.24) is 15.2 Å². The molecule has 9 heteroatoms. The molecule has 2 atom stereocenters. The van der Waals surface area contributed by atoms with Gasteiger partial charge in [-0.1, -0.05) is 38.1 Å². The van der Waals surface area contributed by atoms with Crippen LogP contribution in [0.25, 0.3) is 10.9 Å². The van der Waals surface area contributed by atoms with E-state index in [2.05, 4.69) is 15.6 Å². The van der Waals surface area contributed by atoms with Crippen molar-refractivity contribution in [3.05, 3.63) is 71.2 Å². The average Bonchev–Trinajstić information content (AvgIpc) is 3.33. The first-order valence-electron chi connectivity index (χ1n) is 12.5. The number of fused-ring (bicyclic) bond motifs is 1. The highest BCUT2D eigenvalue weighted by atomic mass is 19.3. The lowest BCUT2D eigenvalue weighted by molar-refractivity contribution is -0.00311. The number of pyridine rings is 1. The summed E-state index contributed by atoms with van der Waals surface area (Å²) in [6, 6.07) is 10.9. The fraction of sp³-hybridized carbons (Fsp3) is 0.429. The van der Waals surface area contributed by atoms with Gasteiger partial charge in [-0.15, -0.1) is 0 Å². The third-order valence-corrected chi connectivity index (χ3v) is 6.97. The molecule has 0 spiro atoms. The number of alkyl halides is 2. The van der Waals surface area contributed by atoms with Gasteiger partial charge in [0.25, 0.3) is 6.43 Å². The number of hydrogen-bond acceptors (Lipinski definition) is 4. The van der Waals surface area contributed by atoms with E-state index in [0.29, 0.717) is 37.7 Å². The van der Waals surface area contributed by atoms with Gasteiger partial charge in [0.05, 0.1) is 23.7 Å². The Labute approximate surface area is 215 Å². The lowest BCUT2D eigenvalue weighted by Crippen LogP contribution is -2.42. The van der Waals surface area contributed by atoms with Gasteiger partial charge in [-0.25, -0.2) is 18.0 Å². The van der Waals surface area contributed by atoms with Crippen molar-refractivity contribution in [2.24, 2.45) is 5.92 Å². The highest BCUT2D eigenvalue weighted by Crippen LogP contribution is 2.38. The molecule has 0 saturated carbocycles. The normalized spacial score (nSPS) is 18.6. The lowest BCUT2D eigenvalue weighted by atomic mass is 9.91. The summed E-state index contributed by atoms with van der Waals surface area (Å²) in [5.41, 5.74) is 1.18. The Bertz CT molecular complexity index is 1270. The number of aromatic nitrogens is 1. The topological polar surface area (TPSA) is 66.5 Å². The summed E-state index contributed by atoms with van der Waals surface area (Å²) in [5.74, 6) is -0.553. The van der Waals surface area contributed by atoms with Crippen molar-refractivity contribution >= 4 is 22.6 Å². The number of rotatable bonds is 8. The summed E-state index contributed by atoms with van der Waals surface area (Å²) >= 11 is 0. The number of carbonyl (C=O) groups is 1. The van der Waals surface area contributed by atoms with Crippen molar-refractivity contribution < 1.29 is 22.7 Å². The first-order chi connectivity index (χ1) is 17.6. The first kappa shape index (κ1) is 26.7. The molecule has 1 aliphatic rings. The number of halogens is 3. The van der Waals surface area contributed by atoms with Gasteiger partial charge in [-0.05, 0) is 36.6 Å². The van der Waals surface area contributed by atoms with E-state index in [4.69, 9.17) is 4.74 Å². The van der Waals surface area contributed by atoms with Crippen LogP contribution in [0.2, 0.25) is 0 Å². The van der Waals surface area contributed by atoms with Gasteiger partial charge in [-0.2, -0.15) is 0 Å². The number of likely N-dealkylation sites (tertiary alicyclic amines) is 1. The minimum atomic E-state index is -2.89. The van der Waals surface area contributed by atoms with E-state index in [-0.39, 0.29) is 11.6 Å². The van der Waals surface area contributed by atoms with E-state index in [0.717, 1.165) is 22.5 Å². The molecular weight excluding hydrogens is 481 g/mol. The summed E-state index contributed by atoms with van der Waals surface area (Å²) in [4.78, 5) is 18.9. The van der Waals surface area contributed by atoms with Crippen molar-refractivity contribution in [3.63, 3.8) is 0 Å². The Balaban J connectivity index is 1.62. The van der Waals surface area contributed by atoms with E-state index in [1.165, 1.54) is 12.1 Å². The quantitative estimate of drug-likeness (QED) is 0.365. The Morgan fingerprint density at radius 2 is 1.92 bits per heavy atom. The summed E-state index contributed by atoms with van der Waals surface area (Å²) in [6.07, 6.45) is -0.610. The van der Waals surface area contributed by atoms with E-state index in [1.807, 2.05) is 32.0 Å². The van der Waals surface area contributed by atoms with Crippen LogP contribution in [0.1, 0.15) is 56.3 Å². The van der Waals surface area contributed by atoms with E-state index >= 15 is 0 Å². The Morgan fingerprint density at radius 1 is 1.16 bits per heavy atom. The summed E-state index contributed by atoms with van der Waals surface area (Å²) in [5, 5.41) is 7.02. The molecule has 2 N–H and O–H groups in total. The van der Waals surface area contributed by atoms with Crippen LogP contribution in [0.15, 0.2) is 48.7 Å². The molecule has 1 aromatic heterocycles. The molecule has 0 unspecified atom stereocenters. The van der Waals surface area contributed by atoms with Crippen LogP contribution in [0.4, 0.5) is 23.7 Å². The van der Waals surface area contributed by atoms with E-state index in [1.54, 1.807) is 31.2 Å². The molecule has 37 heavy (non-hydrogen) atoms. The Hall–Kier alpha value is -3.33. The van der Waals surface area contributed by atoms with Crippen molar-refractivity contribution in [1.29, 1.82) is 0 Å². The molecule has 1 aliphatic heterocycles. The third kappa shape index (κ3) is 5.51. The fourth-order valence-corrected chi connectivity index (χ4v) is 4.82. The smallest absolute Gasteiger partial charge is 0.317 e. The summed E-state index contributed by atoms with van der Waals surface area (Å²) in [7, 11) is 1.64. The molecule has 198 valence electrons. The minimum Gasteiger partial charge on any atom is -0.378 e. The molecule has 0 bridgehead atoms. The number of methoxy groups -OCH3 is 1. The molecule has 2 aromatic carbocycles. The van der Waals surface area contributed by atoms with E-state index < -0.39 is 29.4 Å². The van der Waals surface area contributed by atoms with Gasteiger partial charge >= 0.3 is 6.03 Å². The maximum absolute atomic E-state index is 14.8. The van der Waals surface area contributed by atoms with Crippen LogP contribution < -0.4 is 10.6 Å². The van der Waals surface area contributed by atoms with Crippen LogP contribution in [0.5, 0.6) is 0 Å². The van der Waals surface area contributed by atoms with Crippen LogP contribution in [0.3, 0.4) is 0 Å². The zero-order chi connectivity index (χ0) is 26.7. The molecule has 0 radical (unpaired) electrons. The zero-order valence-electron chi connectivity index (χ0n) is 21.5. The zero-order valence-corrected chi connectivity index (χ0v) is 21.5. The molecule has 0 aliphatic carbocycles. The number of urea groups is 1. The second-order valence-corrected chi connectivity index (χ2v) is 9.96. The van der Waals surface area contributed by atoms with Crippen LogP contribution in [-0.4, -0.2) is 42.7 Å². The highest BCUT2D eigenvalue weighted by molar-refractivity contribution is 5.92. The highest BCUT2D eigenvalue weighted by Gasteiger charge is 2.42. The minimum absolute atomic E-state index is 0.112. The molecule has 1 saturated heterocycles. The van der Waals surface area contributed by atoms with Crippen LogP contribution in [-0.2, 0) is 10.3 Å². The third-order valence-electron chi connectivity index (χ3n) is 6.97. The van der Waals surface area contributed by atoms with Crippen LogP contribution in [0, 0.1) is 11.7 Å². The monoisotopic (exact) mass is 514 g/mol. The summed E-state index contributed by atoms with van der Waals surface area (Å²) in [6.45, 7) is 7.39. The first-order valence-corrected chi connectivity index (χ1v) is 12.5. The number of nitrogens with one attached hydrogen (secondary N) is 2. The SMILES string of the molecule is CO[C@@]1(c2ccc3nccc(N[C@H](C)c4cccc(C(F)F)c4F)c3c2)CCN(C(=O)NCC(C)C)C1. The number of hydrogen-bond donors (Lipinski definition) is 2. The molecule has 1 fully saturated rings. The molecule has 6 nitrogen and oxygen atoms in total. The lowest BCUT2D eigenvalue weighted by Gasteiger charge is -2.29. The summed E-state index contributed by atoms with van der Waals surface area (Å²) < 4.78 is 47.2. The van der Waals surface area contributed by atoms with E-state index in [9.17, 15) is 18.0 Å². The molecule has 2 amide bonds. The largest absolute Gasteiger partial charge is 0.378 e. The Kier molecular flexibility index (Phi) is 7.92. The van der Waals surface area contributed by atoms with Crippen molar-refractivity contribution in [2.45, 2.75) is 45.3 Å². The maximum Gasteiger partial charge on any atom is 0.317 e. The molecule has 3 aromatic rings. The van der Waals surface area contributed by atoms with Gasteiger partial charge in [0.2, 0.25) is 0 Å². The molecular formula is C28H33F3N4O2. The number of carbonyl (C=O) groups excluding carboxylic acids is 1. The number of anilines is 1. The number of amides is 2. The van der Waals surface area contributed by atoms with Crippen LogP contribution >= 0.6 is 0 Å². The van der Waals surface area contributed by atoms with Gasteiger partial charge in [0, 0.05) is 49.5 Å². The predicted octanol–water partition coefficient (Wildman–Crippen LogP) is 6.40. The second kappa shape index (κ2) is 11.0. The van der Waals surface area contributed by atoms with Crippen molar-refractivity contribution in [3.8, 4) is 0 Å². The Morgan fingerprint density at radius 3 is 2.62 bits per heavy atom. The second-order valence-electron chi connectivity index (χ2n) is 9.96.